The number of pyridine rings is 1. The second kappa shape index (κ2) is 7.01. The van der Waals surface area contributed by atoms with Gasteiger partial charge in [-0.1, -0.05) is 25.1 Å². The average Bonchev–Trinajstić information content (AvgIpc) is 3.15. The smallest absolute Gasteiger partial charge is 0.258 e. The molecule has 1 amide bonds. The van der Waals surface area contributed by atoms with Crippen LogP contribution in [0.2, 0.25) is 0 Å². The second-order valence-corrected chi connectivity index (χ2v) is 7.35. The lowest BCUT2D eigenvalue weighted by Crippen LogP contribution is -2.15. The van der Waals surface area contributed by atoms with Gasteiger partial charge in [0.1, 0.15) is 18.0 Å². The largest absolute Gasteiger partial charge is 0.306 e. The Hall–Kier alpha value is -3.74. The molecule has 7 heteroatoms. The van der Waals surface area contributed by atoms with Crippen LogP contribution in [-0.2, 0) is 0 Å². The Kier molecular flexibility index (Phi) is 4.20. The molecule has 0 radical (unpaired) electrons. The highest BCUT2D eigenvalue weighted by Gasteiger charge is 2.36. The van der Waals surface area contributed by atoms with Crippen LogP contribution < -0.4 is 5.32 Å². The van der Waals surface area contributed by atoms with Crippen molar-refractivity contribution in [2.75, 3.05) is 5.32 Å². The lowest BCUT2D eigenvalue weighted by atomic mass is 10.2. The zero-order valence-corrected chi connectivity index (χ0v) is 15.9. The number of hydrogen-bond acceptors (Lipinski definition) is 4. The Bertz CT molecular complexity index is 1130. The molecule has 5 rings (SSSR count). The van der Waals surface area contributed by atoms with Crippen molar-refractivity contribution in [3.05, 3.63) is 84.7 Å². The molecule has 1 aliphatic carbocycles. The number of aromatic nitrogens is 5. The molecular weight excluding hydrogens is 364 g/mol. The summed E-state index contributed by atoms with van der Waals surface area (Å²) in [6, 6.07) is 15.4. The van der Waals surface area contributed by atoms with E-state index in [1.54, 1.807) is 46.3 Å². The zero-order valence-electron chi connectivity index (χ0n) is 15.9. The highest BCUT2D eigenvalue weighted by Crippen LogP contribution is 2.47. The lowest BCUT2D eigenvalue weighted by Gasteiger charge is -2.09. The number of carbonyl (C=O) groups is 1. The first-order valence-electron chi connectivity index (χ1n) is 9.60. The molecule has 0 bridgehead atoms. The molecule has 1 fully saturated rings. The van der Waals surface area contributed by atoms with Gasteiger partial charge in [-0.05, 0) is 36.6 Å². The van der Waals surface area contributed by atoms with E-state index in [4.69, 9.17) is 5.10 Å². The molecule has 4 aromatic rings. The molecule has 3 heterocycles. The van der Waals surface area contributed by atoms with Crippen molar-refractivity contribution in [2.45, 2.75) is 19.3 Å². The van der Waals surface area contributed by atoms with Gasteiger partial charge in [0.2, 0.25) is 0 Å². The molecule has 1 N–H and O–H groups in total. The van der Waals surface area contributed by atoms with Crippen molar-refractivity contribution in [3.63, 3.8) is 0 Å². The summed E-state index contributed by atoms with van der Waals surface area (Å²) in [5, 5.41) is 7.76. The van der Waals surface area contributed by atoms with Gasteiger partial charge in [-0.3, -0.25) is 9.36 Å². The van der Waals surface area contributed by atoms with E-state index in [-0.39, 0.29) is 5.91 Å². The molecule has 0 spiro atoms. The average molecular weight is 384 g/mol. The van der Waals surface area contributed by atoms with Crippen LogP contribution in [0.5, 0.6) is 0 Å². The fraction of sp³-hybridized carbons (Fsp3) is 0.182. The lowest BCUT2D eigenvalue weighted by molar-refractivity contribution is 0.102. The van der Waals surface area contributed by atoms with E-state index in [2.05, 4.69) is 22.2 Å². The Balaban J connectivity index is 1.42. The Labute approximate surface area is 168 Å². The first kappa shape index (κ1) is 17.4. The molecule has 1 aliphatic rings. The molecule has 1 saturated carbocycles. The summed E-state index contributed by atoms with van der Waals surface area (Å²) in [6.45, 7) is 2.22. The van der Waals surface area contributed by atoms with Crippen LogP contribution >= 0.6 is 0 Å². The number of nitrogens with one attached hydrogen (secondary N) is 1. The SMILES string of the molecule is C[C@@H]1C[C@@H]1c1cc(NC(=O)c2ccc(-n3ccnc3)nc2)n(-c2ccccc2)n1. The third-order valence-electron chi connectivity index (χ3n) is 5.24. The number of nitrogens with zero attached hydrogens (tertiary/aromatic N) is 5. The number of carbonyl (C=O) groups excluding carboxylic acids is 1. The highest BCUT2D eigenvalue weighted by molar-refractivity contribution is 6.03. The van der Waals surface area contributed by atoms with Crippen molar-refractivity contribution >= 4 is 11.7 Å². The van der Waals surface area contributed by atoms with Gasteiger partial charge in [0, 0.05) is 30.6 Å². The summed E-state index contributed by atoms with van der Waals surface area (Å²) < 4.78 is 3.58. The van der Waals surface area contributed by atoms with Gasteiger partial charge in [-0.15, -0.1) is 0 Å². The fourth-order valence-corrected chi connectivity index (χ4v) is 3.43. The molecule has 7 nitrogen and oxygen atoms in total. The van der Waals surface area contributed by atoms with Crippen molar-refractivity contribution < 1.29 is 4.79 Å². The molecule has 0 aliphatic heterocycles. The minimum Gasteiger partial charge on any atom is -0.306 e. The van der Waals surface area contributed by atoms with Crippen LogP contribution in [0.4, 0.5) is 5.82 Å². The maximum atomic E-state index is 12.8. The van der Waals surface area contributed by atoms with Crippen LogP contribution in [0.15, 0.2) is 73.4 Å². The predicted octanol–water partition coefficient (Wildman–Crippen LogP) is 3.83. The molecule has 0 unspecified atom stereocenters. The number of imidazole rings is 1. The Morgan fingerprint density at radius 2 is 2.00 bits per heavy atom. The number of rotatable bonds is 5. The van der Waals surface area contributed by atoms with Crippen LogP contribution in [0.25, 0.3) is 11.5 Å². The van der Waals surface area contributed by atoms with Crippen LogP contribution in [-0.4, -0.2) is 30.2 Å². The summed E-state index contributed by atoms with van der Waals surface area (Å²) >= 11 is 0. The van der Waals surface area contributed by atoms with Crippen LogP contribution in [0.1, 0.15) is 35.3 Å². The molecule has 2 atom stereocenters. The zero-order chi connectivity index (χ0) is 19.8. The van der Waals surface area contributed by atoms with E-state index in [0.29, 0.717) is 29.0 Å². The predicted molar refractivity (Wildman–Crippen MR) is 109 cm³/mol. The van der Waals surface area contributed by atoms with Gasteiger partial charge >= 0.3 is 0 Å². The first-order valence-corrected chi connectivity index (χ1v) is 9.60. The normalized spacial score (nSPS) is 17.8. The molecule has 1 aromatic carbocycles. The monoisotopic (exact) mass is 384 g/mol. The third kappa shape index (κ3) is 3.42. The highest BCUT2D eigenvalue weighted by atomic mass is 16.1. The summed E-state index contributed by atoms with van der Waals surface area (Å²) in [7, 11) is 0. The molecular formula is C22H20N6O. The number of benzene rings is 1. The maximum Gasteiger partial charge on any atom is 0.258 e. The van der Waals surface area contributed by atoms with E-state index < -0.39 is 0 Å². The first-order chi connectivity index (χ1) is 14.2. The van der Waals surface area contributed by atoms with Crippen molar-refractivity contribution in [2.24, 2.45) is 5.92 Å². The Morgan fingerprint density at radius 1 is 1.17 bits per heavy atom. The summed E-state index contributed by atoms with van der Waals surface area (Å²) in [4.78, 5) is 21.2. The minimum atomic E-state index is -0.220. The quantitative estimate of drug-likeness (QED) is 0.567. The standard InChI is InChI=1S/C22H20N6O/c1-15-11-18(15)19-12-21(28(26-19)17-5-3-2-4-6-17)25-22(29)16-7-8-20(24-13-16)27-10-9-23-14-27/h2-10,12-15,18H,11H2,1H3,(H,25,29)/t15-,18+/m1/s1. The van der Waals surface area contributed by atoms with Gasteiger partial charge in [0.25, 0.3) is 5.91 Å². The van der Waals surface area contributed by atoms with E-state index in [1.165, 1.54) is 0 Å². The number of amides is 1. The third-order valence-corrected chi connectivity index (χ3v) is 5.24. The van der Waals surface area contributed by atoms with E-state index >= 15 is 0 Å². The molecule has 29 heavy (non-hydrogen) atoms. The van der Waals surface area contributed by atoms with Crippen LogP contribution in [0, 0.1) is 5.92 Å². The fourth-order valence-electron chi connectivity index (χ4n) is 3.43. The minimum absolute atomic E-state index is 0.220. The van der Waals surface area contributed by atoms with Crippen molar-refractivity contribution in [3.8, 4) is 11.5 Å². The topological polar surface area (TPSA) is 77.6 Å². The molecule has 3 aromatic heterocycles. The van der Waals surface area contributed by atoms with Gasteiger partial charge in [0.15, 0.2) is 0 Å². The van der Waals surface area contributed by atoms with E-state index in [0.717, 1.165) is 17.8 Å². The summed E-state index contributed by atoms with van der Waals surface area (Å²) in [5.41, 5.74) is 2.41. The van der Waals surface area contributed by atoms with Crippen molar-refractivity contribution in [1.29, 1.82) is 0 Å². The number of hydrogen-bond donors (Lipinski definition) is 1. The van der Waals surface area contributed by atoms with E-state index in [9.17, 15) is 4.79 Å². The van der Waals surface area contributed by atoms with Crippen molar-refractivity contribution in [1.82, 2.24) is 24.3 Å². The van der Waals surface area contributed by atoms with Crippen LogP contribution in [0.3, 0.4) is 0 Å². The second-order valence-electron chi connectivity index (χ2n) is 7.35. The Morgan fingerprint density at radius 3 is 2.66 bits per heavy atom. The number of para-hydroxylation sites is 1. The van der Waals surface area contributed by atoms with Gasteiger partial charge in [0.05, 0.1) is 16.9 Å². The van der Waals surface area contributed by atoms with Gasteiger partial charge in [-0.25, -0.2) is 14.6 Å². The number of anilines is 1. The van der Waals surface area contributed by atoms with Gasteiger partial charge in [-0.2, -0.15) is 5.10 Å². The van der Waals surface area contributed by atoms with Gasteiger partial charge < -0.3 is 5.32 Å². The summed E-state index contributed by atoms with van der Waals surface area (Å²) in [6.07, 6.45) is 7.86. The maximum absolute atomic E-state index is 12.8. The summed E-state index contributed by atoms with van der Waals surface area (Å²) in [5.74, 6) is 2.25. The molecule has 0 saturated heterocycles. The van der Waals surface area contributed by atoms with E-state index in [1.807, 2.05) is 36.4 Å². The molecule has 144 valence electrons.